The Balaban J connectivity index is 1.11. The van der Waals surface area contributed by atoms with Crippen molar-refractivity contribution < 1.29 is 8.81 Å². The van der Waals surface area contributed by atoms with Gasteiger partial charge in [-0.15, -0.1) is 0 Å². The summed E-state index contributed by atoms with van der Waals surface area (Å²) in [5.41, 5.74) is 21.1. The fourth-order valence-corrected chi connectivity index (χ4v) is 11.5. The number of benzene rings is 11. The topological polar surface area (TPSA) is 19.6 Å². The van der Waals surface area contributed by atoms with E-state index in [1.54, 1.807) is 12.1 Å². The first kappa shape index (κ1) is 40.8. The number of hydrogen-bond acceptors (Lipinski definition) is 3. The van der Waals surface area contributed by atoms with E-state index < -0.39 is 0 Å². The maximum absolute atomic E-state index is 17.6. The zero-order valence-corrected chi connectivity index (χ0v) is 38.5. The summed E-state index contributed by atoms with van der Waals surface area (Å²) in [6.45, 7) is -0.276. The third-order valence-electron chi connectivity index (χ3n) is 14.5. The van der Waals surface area contributed by atoms with Crippen LogP contribution < -0.4 is 26.2 Å². The lowest BCUT2D eigenvalue weighted by atomic mass is 9.33. The van der Waals surface area contributed by atoms with Crippen LogP contribution >= 0.6 is 0 Å². The Morgan fingerprint density at radius 2 is 0.761 bits per heavy atom. The van der Waals surface area contributed by atoms with Gasteiger partial charge in [-0.1, -0.05) is 224 Å². The Morgan fingerprint density at radius 3 is 1.31 bits per heavy atom. The van der Waals surface area contributed by atoms with E-state index in [0.717, 1.165) is 128 Å². The average molecular weight is 909 g/mol. The summed E-state index contributed by atoms with van der Waals surface area (Å²) in [5.74, 6) is -0.319. The molecule has 12 aromatic rings. The number of rotatable bonds is 7. The number of halogens is 1. The number of hydrogen-bond donors (Lipinski definition) is 0. The van der Waals surface area contributed by atoms with Crippen LogP contribution in [0, 0.1) is 5.82 Å². The molecule has 0 radical (unpaired) electrons. The minimum atomic E-state index is -0.319. The van der Waals surface area contributed by atoms with Gasteiger partial charge in [0.05, 0.1) is 11.4 Å². The Morgan fingerprint density at radius 1 is 0.324 bits per heavy atom. The highest BCUT2D eigenvalue weighted by Gasteiger charge is 2.45. The molecule has 0 fully saturated rings. The van der Waals surface area contributed by atoms with Crippen LogP contribution in [-0.4, -0.2) is 6.71 Å². The van der Waals surface area contributed by atoms with Crippen molar-refractivity contribution >= 4 is 79.2 Å². The summed E-state index contributed by atoms with van der Waals surface area (Å²) in [5, 5.41) is 2.17. The van der Waals surface area contributed by atoms with E-state index in [4.69, 9.17) is 4.42 Å². The molecule has 0 saturated heterocycles. The molecule has 0 amide bonds. The van der Waals surface area contributed by atoms with Gasteiger partial charge in [-0.25, -0.2) is 4.39 Å². The van der Waals surface area contributed by atoms with Crippen LogP contribution in [0.3, 0.4) is 0 Å². The third-order valence-corrected chi connectivity index (χ3v) is 14.5. The SMILES string of the molecule is Fc1cc2c3c(c1)N(c1c(-c4ccccc4)cccc1-c1ccccc1)c1ccc(-c4cccc5c4oc4ccccc45)cc1B3c1ccccc1N2c1c(-c2ccccc2)cccc1-c1ccccc1. The number of para-hydroxylation sites is 5. The van der Waals surface area contributed by atoms with Crippen LogP contribution in [0.25, 0.3) is 77.6 Å². The van der Waals surface area contributed by atoms with E-state index in [-0.39, 0.29) is 12.5 Å². The highest BCUT2D eigenvalue weighted by atomic mass is 19.1. The molecule has 71 heavy (non-hydrogen) atoms. The number of nitrogens with zero attached hydrogens (tertiary/aromatic N) is 2. The molecular weight excluding hydrogens is 867 g/mol. The lowest BCUT2D eigenvalue weighted by Crippen LogP contribution is -2.61. The van der Waals surface area contributed by atoms with Crippen molar-refractivity contribution in [3.05, 3.63) is 261 Å². The van der Waals surface area contributed by atoms with Crippen LogP contribution in [0.2, 0.25) is 0 Å². The molecule has 0 unspecified atom stereocenters. The van der Waals surface area contributed by atoms with Crippen LogP contribution in [0.4, 0.5) is 38.5 Å². The average Bonchev–Trinajstić information content (AvgIpc) is 3.83. The first-order valence-electron chi connectivity index (χ1n) is 24.2. The summed E-state index contributed by atoms with van der Waals surface area (Å²) in [6.07, 6.45) is 0. The predicted molar refractivity (Wildman–Crippen MR) is 295 cm³/mol. The highest BCUT2D eigenvalue weighted by molar-refractivity contribution is 7.00. The fraction of sp³-hybridized carbons (Fsp3) is 0. The molecule has 2 aliphatic rings. The van der Waals surface area contributed by atoms with Crippen LogP contribution in [-0.2, 0) is 0 Å². The van der Waals surface area contributed by atoms with E-state index in [9.17, 15) is 0 Å². The zero-order valence-electron chi connectivity index (χ0n) is 38.5. The molecular formula is C66H42BFN2O. The Labute approximate surface area is 412 Å². The molecule has 3 heterocycles. The summed E-state index contributed by atoms with van der Waals surface area (Å²) in [4.78, 5) is 4.71. The van der Waals surface area contributed by atoms with Crippen molar-refractivity contribution in [3.63, 3.8) is 0 Å². The number of furan rings is 1. The minimum absolute atomic E-state index is 0.276. The van der Waals surface area contributed by atoms with Crippen LogP contribution in [0.1, 0.15) is 0 Å². The quantitative estimate of drug-likeness (QED) is 0.149. The van der Waals surface area contributed by atoms with Crippen molar-refractivity contribution in [2.75, 3.05) is 9.80 Å². The van der Waals surface area contributed by atoms with E-state index in [1.165, 1.54) is 0 Å². The maximum atomic E-state index is 17.6. The molecule has 332 valence electrons. The second-order valence-electron chi connectivity index (χ2n) is 18.4. The smallest absolute Gasteiger partial charge is 0.252 e. The number of fused-ring (bicyclic) bond motifs is 7. The number of anilines is 6. The first-order valence-corrected chi connectivity index (χ1v) is 24.2. The minimum Gasteiger partial charge on any atom is -0.455 e. The van der Waals surface area contributed by atoms with Gasteiger partial charge in [0.1, 0.15) is 17.0 Å². The van der Waals surface area contributed by atoms with Crippen molar-refractivity contribution in [1.29, 1.82) is 0 Å². The largest absolute Gasteiger partial charge is 0.455 e. The summed E-state index contributed by atoms with van der Waals surface area (Å²) < 4.78 is 24.3. The normalized spacial score (nSPS) is 12.5. The highest BCUT2D eigenvalue weighted by Crippen LogP contribution is 2.53. The molecule has 5 heteroatoms. The van der Waals surface area contributed by atoms with Crippen molar-refractivity contribution in [2.24, 2.45) is 0 Å². The maximum Gasteiger partial charge on any atom is 0.252 e. The standard InChI is InChI=1S/C66H42BFN2O/c68-48-41-60-63-61(42-48)70(65-51(45-24-9-3-10-25-45)31-18-32-52(65)46-26-11-4-12-27-46)59-39-38-47(53-33-19-34-55-54-28-13-16-37-62(54)71-66(53)55)40-57(59)67(63)56-35-14-15-36-58(56)69(60)64-49(43-20-5-1-6-21-43)29-17-30-50(64)44-22-7-2-8-23-44/h1-42H. The van der Waals surface area contributed by atoms with E-state index >= 15 is 4.39 Å². The van der Waals surface area contributed by atoms with Crippen molar-refractivity contribution in [1.82, 2.24) is 0 Å². The van der Waals surface area contributed by atoms with Gasteiger partial charge >= 0.3 is 0 Å². The lowest BCUT2D eigenvalue weighted by molar-refractivity contribution is 0.628. The Bertz CT molecular complexity index is 3890. The van der Waals surface area contributed by atoms with Crippen molar-refractivity contribution in [2.45, 2.75) is 0 Å². The molecule has 11 aromatic carbocycles. The Hall–Kier alpha value is -9.19. The summed E-state index contributed by atoms with van der Waals surface area (Å²) in [6, 6.07) is 89.2. The van der Waals surface area contributed by atoms with Crippen LogP contribution in [0.15, 0.2) is 259 Å². The molecule has 14 rings (SSSR count). The lowest BCUT2D eigenvalue weighted by Gasteiger charge is -2.45. The summed E-state index contributed by atoms with van der Waals surface area (Å²) in [7, 11) is 0. The molecule has 0 saturated carbocycles. The van der Waals surface area contributed by atoms with Gasteiger partial charge < -0.3 is 14.2 Å². The van der Waals surface area contributed by atoms with E-state index in [0.29, 0.717) is 0 Å². The second-order valence-corrected chi connectivity index (χ2v) is 18.4. The van der Waals surface area contributed by atoms with E-state index in [2.05, 4.69) is 240 Å². The molecule has 1 aromatic heterocycles. The summed E-state index contributed by atoms with van der Waals surface area (Å²) >= 11 is 0. The second kappa shape index (κ2) is 16.5. The van der Waals surface area contributed by atoms with Gasteiger partial charge in [0, 0.05) is 61.3 Å². The molecule has 0 atom stereocenters. The monoisotopic (exact) mass is 908 g/mol. The molecule has 0 bridgehead atoms. The van der Waals surface area contributed by atoms with Gasteiger partial charge in [0.15, 0.2) is 0 Å². The first-order chi connectivity index (χ1) is 35.2. The fourth-order valence-electron chi connectivity index (χ4n) is 11.5. The molecule has 0 aliphatic carbocycles. The van der Waals surface area contributed by atoms with Gasteiger partial charge in [-0.3, -0.25) is 0 Å². The van der Waals surface area contributed by atoms with Crippen molar-refractivity contribution in [3.8, 4) is 55.6 Å². The third kappa shape index (κ3) is 6.51. The van der Waals surface area contributed by atoms with E-state index in [1.807, 2.05) is 12.1 Å². The van der Waals surface area contributed by atoms with Gasteiger partial charge in [-0.2, -0.15) is 0 Å². The molecule has 0 spiro atoms. The van der Waals surface area contributed by atoms with Gasteiger partial charge in [0.2, 0.25) is 0 Å². The van der Waals surface area contributed by atoms with Crippen LogP contribution in [0.5, 0.6) is 0 Å². The molecule has 3 nitrogen and oxygen atoms in total. The Kier molecular flexibility index (Phi) is 9.50. The van der Waals surface area contributed by atoms with Gasteiger partial charge in [-0.05, 0) is 74.5 Å². The molecule has 2 aliphatic heterocycles. The predicted octanol–water partition coefficient (Wildman–Crippen LogP) is 16.1. The van der Waals surface area contributed by atoms with Gasteiger partial charge in [0.25, 0.3) is 6.71 Å². The molecule has 0 N–H and O–H groups in total. The zero-order chi connectivity index (χ0) is 47.0.